The zero-order valence-electron chi connectivity index (χ0n) is 26.3. The fourth-order valence-electron chi connectivity index (χ4n) is 5.90. The van der Waals surface area contributed by atoms with Gasteiger partial charge in [-0.2, -0.15) is 0 Å². The van der Waals surface area contributed by atoms with Gasteiger partial charge in [-0.05, 0) is 49.4 Å². The lowest BCUT2D eigenvalue weighted by molar-refractivity contribution is -0.482. The quantitative estimate of drug-likeness (QED) is 0.0715. The minimum Gasteiger partial charge on any atom is -0.744 e. The summed E-state index contributed by atoms with van der Waals surface area (Å²) in [5, 5.41) is 1.92. The van der Waals surface area contributed by atoms with E-state index in [0.717, 1.165) is 43.4 Å². The molecule has 2 aromatic rings. The van der Waals surface area contributed by atoms with Crippen molar-refractivity contribution in [3.8, 4) is 0 Å². The summed E-state index contributed by atoms with van der Waals surface area (Å²) in [6, 6.07) is 13.3. The van der Waals surface area contributed by atoms with E-state index in [9.17, 15) is 13.0 Å². The van der Waals surface area contributed by atoms with Crippen molar-refractivity contribution in [2.24, 2.45) is 0 Å². The van der Waals surface area contributed by atoms with E-state index in [0.29, 0.717) is 5.69 Å². The Hall–Kier alpha value is -1.69. The molecule has 0 aromatic heterocycles. The minimum absolute atomic E-state index is 0.0738. The maximum absolute atomic E-state index is 12.3. The van der Waals surface area contributed by atoms with Crippen molar-refractivity contribution in [3.05, 3.63) is 53.6 Å². The van der Waals surface area contributed by atoms with Crippen LogP contribution in [0.2, 0.25) is 0 Å². The molecule has 0 radical (unpaired) electrons. The highest BCUT2D eigenvalue weighted by atomic mass is 32.2. The Kier molecular flexibility index (Phi) is 19.0. The summed E-state index contributed by atoms with van der Waals surface area (Å²) in [5.41, 5.74) is 3.83. The van der Waals surface area contributed by atoms with Crippen LogP contribution in [0.3, 0.4) is 0 Å². The number of unbranched alkanes of at least 4 members (excludes halogenated alkanes) is 18. The van der Waals surface area contributed by atoms with Gasteiger partial charge in [-0.1, -0.05) is 154 Å². The number of nitrogens with two attached hydrogens (primary N) is 1. The predicted octanol–water partition coefficient (Wildman–Crippen LogP) is 10.0. The van der Waals surface area contributed by atoms with Crippen LogP contribution >= 0.6 is 0 Å². The Bertz CT molecular complexity index is 1040. The standard InChI is InChI=1S/C36H59NO3S/c1-3-5-7-9-11-13-15-17-19-22-26-32-30-31-35(41(38,39)40)36(37-33-27-23-21-24-28-33)34(32)29-25-20-18-16-14-12-10-8-6-4-2/h21,23-24,27-28,30-31,37H,3-20,22,25-26,29H2,1-2H3,(H,38,39,40). The number of para-hydroxylation sites is 1. The third kappa shape index (κ3) is 15.4. The van der Waals surface area contributed by atoms with E-state index >= 15 is 0 Å². The van der Waals surface area contributed by atoms with Crippen molar-refractivity contribution >= 4 is 21.5 Å². The molecule has 0 atom stereocenters. The highest BCUT2D eigenvalue weighted by Gasteiger charge is 2.21. The van der Waals surface area contributed by atoms with Gasteiger partial charge in [0.05, 0.1) is 0 Å². The van der Waals surface area contributed by atoms with Gasteiger partial charge < -0.3 is 4.55 Å². The molecule has 4 nitrogen and oxygen atoms in total. The molecule has 0 amide bonds. The summed E-state index contributed by atoms with van der Waals surface area (Å²) < 4.78 is 37.0. The highest BCUT2D eigenvalue weighted by molar-refractivity contribution is 7.85. The minimum atomic E-state index is -4.57. The molecule has 0 aliphatic rings. The first-order chi connectivity index (χ1) is 20.0. The average Bonchev–Trinajstić information content (AvgIpc) is 2.96. The van der Waals surface area contributed by atoms with Crippen molar-refractivity contribution in [2.75, 3.05) is 0 Å². The lowest BCUT2D eigenvalue weighted by atomic mass is 9.94. The molecule has 0 saturated carbocycles. The van der Waals surface area contributed by atoms with E-state index in [4.69, 9.17) is 0 Å². The molecule has 0 bridgehead atoms. The van der Waals surface area contributed by atoms with Gasteiger partial charge in [0.1, 0.15) is 20.7 Å². The third-order valence-corrected chi connectivity index (χ3v) is 9.27. The van der Waals surface area contributed by atoms with Crippen LogP contribution in [-0.2, 0) is 23.0 Å². The van der Waals surface area contributed by atoms with Gasteiger partial charge in [0, 0.05) is 5.56 Å². The van der Waals surface area contributed by atoms with Crippen LogP contribution in [0.5, 0.6) is 0 Å². The first-order valence-electron chi connectivity index (χ1n) is 17.0. The Morgan fingerprint density at radius 2 is 1.00 bits per heavy atom. The SMILES string of the molecule is CCCCCCCCCCCCc1ccc(S(=O)(=O)[O-])c([NH2+]c2ccccc2)c1CCCCCCCCCCCC. The molecule has 2 N–H and O–H groups in total. The topological polar surface area (TPSA) is 73.8 Å². The summed E-state index contributed by atoms with van der Waals surface area (Å²) >= 11 is 0. The lowest BCUT2D eigenvalue weighted by Crippen LogP contribution is -2.72. The van der Waals surface area contributed by atoms with E-state index in [1.165, 1.54) is 115 Å². The first-order valence-corrected chi connectivity index (χ1v) is 18.4. The normalized spacial score (nSPS) is 11.8. The van der Waals surface area contributed by atoms with Crippen LogP contribution < -0.4 is 5.32 Å². The number of quaternary nitrogens is 1. The molecular weight excluding hydrogens is 526 g/mol. The van der Waals surface area contributed by atoms with Gasteiger partial charge in [-0.25, -0.2) is 8.42 Å². The second-order valence-corrected chi connectivity index (χ2v) is 13.3. The van der Waals surface area contributed by atoms with Gasteiger partial charge in [0.2, 0.25) is 0 Å². The molecule has 0 unspecified atom stereocenters. The van der Waals surface area contributed by atoms with Crippen molar-refractivity contribution in [1.29, 1.82) is 0 Å². The average molecular weight is 586 g/mol. The molecule has 0 aliphatic heterocycles. The molecule has 0 heterocycles. The van der Waals surface area contributed by atoms with E-state index in [1.54, 1.807) is 6.07 Å². The molecular formula is C36H59NO3S. The van der Waals surface area contributed by atoms with E-state index in [1.807, 2.05) is 41.7 Å². The van der Waals surface area contributed by atoms with Crippen LogP contribution in [0.4, 0.5) is 11.4 Å². The summed E-state index contributed by atoms with van der Waals surface area (Å²) in [5.74, 6) is 0. The maximum atomic E-state index is 12.3. The Labute approximate surface area is 252 Å². The summed E-state index contributed by atoms with van der Waals surface area (Å²) in [7, 11) is -4.57. The van der Waals surface area contributed by atoms with Crippen molar-refractivity contribution in [1.82, 2.24) is 0 Å². The number of rotatable bonds is 25. The number of hydrogen-bond donors (Lipinski definition) is 1. The molecule has 2 aromatic carbocycles. The largest absolute Gasteiger partial charge is 0.744 e. The number of aryl methyl sites for hydroxylation is 1. The summed E-state index contributed by atoms with van der Waals surface area (Å²) in [4.78, 5) is -0.0738. The van der Waals surface area contributed by atoms with Crippen LogP contribution in [0.25, 0.3) is 0 Å². The molecule has 0 aliphatic carbocycles. The molecule has 0 fully saturated rings. The Morgan fingerprint density at radius 3 is 1.46 bits per heavy atom. The number of hydrogen-bond acceptors (Lipinski definition) is 3. The summed E-state index contributed by atoms with van der Waals surface area (Å²) in [6.07, 6.45) is 27.4. The smallest absolute Gasteiger partial charge is 0.155 e. The first kappa shape index (κ1) is 35.5. The second kappa shape index (κ2) is 21.9. The Balaban J connectivity index is 2.01. The molecule has 0 saturated heterocycles. The van der Waals surface area contributed by atoms with Crippen molar-refractivity contribution < 1.29 is 18.3 Å². The molecule has 2 rings (SSSR count). The highest BCUT2D eigenvalue weighted by Crippen LogP contribution is 2.29. The predicted molar refractivity (Wildman–Crippen MR) is 173 cm³/mol. The molecule has 5 heteroatoms. The zero-order valence-corrected chi connectivity index (χ0v) is 27.1. The second-order valence-electron chi connectivity index (χ2n) is 12.0. The molecule has 41 heavy (non-hydrogen) atoms. The fraction of sp³-hybridized carbons (Fsp3) is 0.667. The van der Waals surface area contributed by atoms with Crippen LogP contribution in [-0.4, -0.2) is 13.0 Å². The van der Waals surface area contributed by atoms with Crippen LogP contribution in [0, 0.1) is 0 Å². The van der Waals surface area contributed by atoms with Gasteiger partial charge in [-0.3, -0.25) is 5.32 Å². The third-order valence-electron chi connectivity index (χ3n) is 8.37. The van der Waals surface area contributed by atoms with Crippen molar-refractivity contribution in [2.45, 2.75) is 160 Å². The summed E-state index contributed by atoms with van der Waals surface area (Å²) in [6.45, 7) is 4.52. The van der Waals surface area contributed by atoms with Gasteiger partial charge >= 0.3 is 0 Å². The van der Waals surface area contributed by atoms with Gasteiger partial charge in [-0.15, -0.1) is 0 Å². The van der Waals surface area contributed by atoms with E-state index < -0.39 is 10.1 Å². The van der Waals surface area contributed by atoms with Crippen molar-refractivity contribution in [3.63, 3.8) is 0 Å². The fourth-order valence-corrected chi connectivity index (χ4v) is 6.59. The Morgan fingerprint density at radius 1 is 0.561 bits per heavy atom. The zero-order chi connectivity index (χ0) is 29.6. The molecule has 232 valence electrons. The van der Waals surface area contributed by atoms with Crippen LogP contribution in [0.15, 0.2) is 47.4 Å². The van der Waals surface area contributed by atoms with E-state index in [-0.39, 0.29) is 4.90 Å². The lowest BCUT2D eigenvalue weighted by Gasteiger charge is -2.18. The number of benzene rings is 2. The van der Waals surface area contributed by atoms with E-state index in [2.05, 4.69) is 13.8 Å². The van der Waals surface area contributed by atoms with Gasteiger partial charge in [0.25, 0.3) is 0 Å². The molecule has 0 spiro atoms. The monoisotopic (exact) mass is 585 g/mol. The van der Waals surface area contributed by atoms with Crippen LogP contribution in [0.1, 0.15) is 153 Å². The van der Waals surface area contributed by atoms with Gasteiger partial charge in [0.15, 0.2) is 5.69 Å². The maximum Gasteiger partial charge on any atom is 0.155 e.